The van der Waals surface area contributed by atoms with E-state index in [0.717, 1.165) is 11.3 Å². The van der Waals surface area contributed by atoms with Crippen molar-refractivity contribution in [3.8, 4) is 0 Å². The van der Waals surface area contributed by atoms with Crippen LogP contribution >= 0.6 is 11.3 Å². The maximum absolute atomic E-state index is 11.6. The van der Waals surface area contributed by atoms with Gasteiger partial charge in [0.1, 0.15) is 0 Å². The lowest BCUT2D eigenvalue weighted by molar-refractivity contribution is 0.159. The first-order chi connectivity index (χ1) is 8.88. The highest BCUT2D eigenvalue weighted by Crippen LogP contribution is 2.20. The van der Waals surface area contributed by atoms with Gasteiger partial charge in [-0.3, -0.25) is 0 Å². The first kappa shape index (κ1) is 15.7. The smallest absolute Gasteiger partial charge is 0.422 e. The third-order valence-electron chi connectivity index (χ3n) is 2.11. The van der Waals surface area contributed by atoms with Crippen LogP contribution in [0, 0.1) is 0 Å². The number of carbonyl (C=O) groups excluding carboxylic acids is 1. The molecule has 1 aromatic heterocycles. The molecule has 108 valence electrons. The molecule has 1 heterocycles. The highest BCUT2D eigenvalue weighted by atomic mass is 32.2. The SMILES string of the molecule is CCOC(=O)NS(=O)(=O)Nc1nc(C(C)NC)cs1. The number of rotatable bonds is 6. The van der Waals surface area contributed by atoms with Crippen molar-refractivity contribution in [2.45, 2.75) is 19.9 Å². The summed E-state index contributed by atoms with van der Waals surface area (Å²) in [7, 11) is -2.25. The van der Waals surface area contributed by atoms with Crippen molar-refractivity contribution in [1.29, 1.82) is 0 Å². The molecule has 0 bridgehead atoms. The van der Waals surface area contributed by atoms with Gasteiger partial charge >= 0.3 is 16.3 Å². The van der Waals surface area contributed by atoms with Crippen LogP contribution in [0.1, 0.15) is 25.6 Å². The first-order valence-corrected chi connectivity index (χ1v) is 7.84. The number of anilines is 1. The van der Waals surface area contributed by atoms with E-state index in [1.54, 1.807) is 24.1 Å². The lowest BCUT2D eigenvalue weighted by Gasteiger charge is -2.07. The summed E-state index contributed by atoms with van der Waals surface area (Å²) < 4.78 is 31.5. The molecule has 8 nitrogen and oxygen atoms in total. The molecule has 3 N–H and O–H groups in total. The molecule has 0 aromatic carbocycles. The average molecular weight is 308 g/mol. The summed E-state index contributed by atoms with van der Waals surface area (Å²) in [6, 6.07) is 0.00696. The highest BCUT2D eigenvalue weighted by Gasteiger charge is 2.17. The van der Waals surface area contributed by atoms with E-state index in [2.05, 4.69) is 19.8 Å². The average Bonchev–Trinajstić information content (AvgIpc) is 2.75. The van der Waals surface area contributed by atoms with E-state index in [4.69, 9.17) is 0 Å². The van der Waals surface area contributed by atoms with E-state index in [1.165, 1.54) is 0 Å². The third-order valence-corrected chi connectivity index (χ3v) is 3.92. The lowest BCUT2D eigenvalue weighted by atomic mass is 10.3. The van der Waals surface area contributed by atoms with Crippen LogP contribution in [-0.4, -0.2) is 33.1 Å². The molecular formula is C9H16N4O4S2. The molecule has 0 saturated heterocycles. The van der Waals surface area contributed by atoms with E-state index in [0.29, 0.717) is 5.69 Å². The van der Waals surface area contributed by atoms with Gasteiger partial charge in [0.25, 0.3) is 0 Å². The molecule has 10 heteroatoms. The maximum Gasteiger partial charge on any atom is 0.422 e. The summed E-state index contributed by atoms with van der Waals surface area (Å²) in [6.45, 7) is 3.55. The van der Waals surface area contributed by atoms with Crippen LogP contribution in [0.5, 0.6) is 0 Å². The molecule has 1 amide bonds. The van der Waals surface area contributed by atoms with E-state index in [-0.39, 0.29) is 17.8 Å². The Balaban J connectivity index is 2.68. The van der Waals surface area contributed by atoms with Gasteiger partial charge in [0.15, 0.2) is 5.13 Å². The fourth-order valence-electron chi connectivity index (χ4n) is 1.09. The highest BCUT2D eigenvalue weighted by molar-refractivity contribution is 7.91. The van der Waals surface area contributed by atoms with Gasteiger partial charge in [-0.15, -0.1) is 11.3 Å². The van der Waals surface area contributed by atoms with Gasteiger partial charge in [-0.25, -0.2) is 19.2 Å². The number of aromatic nitrogens is 1. The van der Waals surface area contributed by atoms with Crippen LogP contribution in [0.15, 0.2) is 5.38 Å². The van der Waals surface area contributed by atoms with Crippen molar-refractivity contribution >= 4 is 32.8 Å². The molecule has 0 spiro atoms. The molecule has 1 rings (SSSR count). The van der Waals surface area contributed by atoms with Gasteiger partial charge in [0.05, 0.1) is 12.3 Å². The monoisotopic (exact) mass is 308 g/mol. The van der Waals surface area contributed by atoms with E-state index >= 15 is 0 Å². The number of amides is 1. The van der Waals surface area contributed by atoms with Crippen molar-refractivity contribution in [2.24, 2.45) is 0 Å². The van der Waals surface area contributed by atoms with Crippen LogP contribution in [-0.2, 0) is 14.9 Å². The molecule has 0 aliphatic heterocycles. The van der Waals surface area contributed by atoms with Crippen LogP contribution in [0.2, 0.25) is 0 Å². The van der Waals surface area contributed by atoms with Gasteiger partial charge in [-0.1, -0.05) is 0 Å². The van der Waals surface area contributed by atoms with Crippen molar-refractivity contribution in [1.82, 2.24) is 15.0 Å². The van der Waals surface area contributed by atoms with Gasteiger partial charge < -0.3 is 10.1 Å². The zero-order valence-electron chi connectivity index (χ0n) is 10.8. The quantitative estimate of drug-likeness (QED) is 0.718. The zero-order chi connectivity index (χ0) is 14.5. The van der Waals surface area contributed by atoms with Crippen molar-refractivity contribution in [2.75, 3.05) is 18.4 Å². The number of thiazole rings is 1. The second-order valence-corrected chi connectivity index (χ2v) is 5.79. The summed E-state index contributed by atoms with van der Waals surface area (Å²) in [4.78, 5) is 15.1. The Morgan fingerprint density at radius 2 is 2.26 bits per heavy atom. The standard InChI is InChI=1S/C9H16N4O4S2/c1-4-17-9(14)13-19(15,16)12-8-11-7(5-18-8)6(2)10-3/h5-6,10H,4H2,1-3H3,(H,11,12)(H,13,14). The third kappa shape index (κ3) is 5.01. The minimum absolute atomic E-state index is 0.00696. The number of hydrogen-bond acceptors (Lipinski definition) is 7. The molecule has 1 unspecified atom stereocenters. The van der Waals surface area contributed by atoms with Crippen molar-refractivity contribution in [3.05, 3.63) is 11.1 Å². The number of nitrogens with one attached hydrogen (secondary N) is 3. The van der Waals surface area contributed by atoms with E-state index < -0.39 is 16.3 Å². The Bertz CT molecular complexity index is 528. The minimum Gasteiger partial charge on any atom is -0.449 e. The lowest BCUT2D eigenvalue weighted by Crippen LogP contribution is -2.35. The molecule has 0 fully saturated rings. The Labute approximate surface area is 115 Å². The molecule has 0 aliphatic carbocycles. The molecule has 1 aromatic rings. The number of nitrogens with zero attached hydrogens (tertiary/aromatic N) is 1. The summed E-state index contributed by atoms with van der Waals surface area (Å²) >= 11 is 1.13. The van der Waals surface area contributed by atoms with Gasteiger partial charge in [0.2, 0.25) is 0 Å². The van der Waals surface area contributed by atoms with E-state index in [1.807, 2.05) is 6.92 Å². The number of ether oxygens (including phenoxy) is 1. The number of hydrogen-bond donors (Lipinski definition) is 3. The summed E-state index contributed by atoms with van der Waals surface area (Å²) in [5.74, 6) is 0. The van der Waals surface area contributed by atoms with Crippen molar-refractivity contribution in [3.63, 3.8) is 0 Å². The Morgan fingerprint density at radius 1 is 1.58 bits per heavy atom. The van der Waals surface area contributed by atoms with Crippen LogP contribution in [0.4, 0.5) is 9.93 Å². The molecule has 0 aliphatic rings. The van der Waals surface area contributed by atoms with Crippen LogP contribution in [0.3, 0.4) is 0 Å². The Hall–Kier alpha value is -1.39. The van der Waals surface area contributed by atoms with Gasteiger partial charge in [0, 0.05) is 11.4 Å². The van der Waals surface area contributed by atoms with E-state index in [9.17, 15) is 13.2 Å². The topological polar surface area (TPSA) is 109 Å². The second-order valence-electron chi connectivity index (χ2n) is 3.52. The molecule has 19 heavy (non-hydrogen) atoms. The Morgan fingerprint density at radius 3 is 2.84 bits per heavy atom. The summed E-state index contributed by atoms with van der Waals surface area (Å²) in [5, 5.41) is 4.88. The van der Waals surface area contributed by atoms with Gasteiger partial charge in [-0.05, 0) is 20.9 Å². The van der Waals surface area contributed by atoms with Crippen LogP contribution < -0.4 is 14.8 Å². The fourth-order valence-corrected chi connectivity index (χ4v) is 2.86. The molecule has 1 atom stereocenters. The van der Waals surface area contributed by atoms with Gasteiger partial charge in [-0.2, -0.15) is 8.42 Å². The molecule has 0 saturated carbocycles. The largest absolute Gasteiger partial charge is 0.449 e. The predicted octanol–water partition coefficient (Wildman–Crippen LogP) is 0.826. The minimum atomic E-state index is -4.02. The summed E-state index contributed by atoms with van der Waals surface area (Å²) in [5.41, 5.74) is 0.710. The fraction of sp³-hybridized carbons (Fsp3) is 0.556. The second kappa shape index (κ2) is 6.68. The molecule has 0 radical (unpaired) electrons. The normalized spacial score (nSPS) is 12.8. The molecular weight excluding hydrogens is 292 g/mol. The van der Waals surface area contributed by atoms with Crippen LogP contribution in [0.25, 0.3) is 0 Å². The number of carbonyl (C=O) groups is 1. The predicted molar refractivity (Wildman–Crippen MR) is 72.3 cm³/mol. The summed E-state index contributed by atoms with van der Waals surface area (Å²) in [6.07, 6.45) is -1.03. The van der Waals surface area contributed by atoms with Crippen molar-refractivity contribution < 1.29 is 17.9 Å². The zero-order valence-corrected chi connectivity index (χ0v) is 12.4. The Kier molecular flexibility index (Phi) is 5.51. The first-order valence-electron chi connectivity index (χ1n) is 5.48. The maximum atomic E-state index is 11.6.